The third-order valence-corrected chi connectivity index (χ3v) is 8.34. The molecule has 6 heteroatoms. The first-order valence-electron chi connectivity index (χ1n) is 5.84. The fourth-order valence-electron chi connectivity index (χ4n) is 2.70. The Bertz CT molecular complexity index is 489. The van der Waals surface area contributed by atoms with E-state index < -0.39 is 25.7 Å². The zero-order valence-electron chi connectivity index (χ0n) is 10.1. The number of nitrogens with zero attached hydrogens (tertiary/aromatic N) is 1. The summed E-state index contributed by atoms with van der Waals surface area (Å²) in [6, 6.07) is 9.58. The summed E-state index contributed by atoms with van der Waals surface area (Å²) in [6.07, 6.45) is 0. The molecule has 2 saturated heterocycles. The zero-order chi connectivity index (χ0) is 12.8. The van der Waals surface area contributed by atoms with Crippen LogP contribution in [0.15, 0.2) is 30.3 Å². The van der Waals surface area contributed by atoms with Crippen LogP contribution in [0.2, 0.25) is 0 Å². The lowest BCUT2D eigenvalue weighted by molar-refractivity contribution is -0.110. The van der Waals surface area contributed by atoms with Crippen molar-refractivity contribution in [3.63, 3.8) is 0 Å². The molecule has 0 N–H and O–H groups in total. The van der Waals surface area contributed by atoms with E-state index in [4.69, 9.17) is 4.84 Å². The van der Waals surface area contributed by atoms with Gasteiger partial charge >= 0.3 is 0 Å². The fraction of sp³-hybridized carbons (Fsp3) is 0.500. The maximum Gasteiger partial charge on any atom is 0.167 e. The van der Waals surface area contributed by atoms with Gasteiger partial charge in [0.1, 0.15) is 0 Å². The van der Waals surface area contributed by atoms with E-state index in [9.17, 15) is 8.42 Å². The Kier molecular flexibility index (Phi) is 3.13. The normalized spacial score (nSPS) is 35.3. The highest BCUT2D eigenvalue weighted by atomic mass is 32.3. The van der Waals surface area contributed by atoms with Crippen molar-refractivity contribution in [1.29, 1.82) is 0 Å². The summed E-state index contributed by atoms with van der Waals surface area (Å²) in [5.74, 6) is 1.01. The molecule has 4 nitrogen and oxygen atoms in total. The number of benzene rings is 1. The maximum absolute atomic E-state index is 12.3. The van der Waals surface area contributed by atoms with Crippen molar-refractivity contribution in [2.45, 2.75) is 10.1 Å². The standard InChI is InChI=1S/C12H15NO3S2/c1-13-11(10-5-3-2-4-6-10)12(9-16-13)17(14)7-8-18(12)15/h2-6,11H,7-9H2,1H3/t11-,17-,18-/m1/s1. The molecule has 0 aliphatic carbocycles. The Labute approximate surface area is 111 Å². The number of hydroxylamine groups is 2. The fourth-order valence-corrected chi connectivity index (χ4v) is 7.37. The van der Waals surface area contributed by atoms with Gasteiger partial charge in [-0.05, 0) is 5.56 Å². The molecule has 2 heterocycles. The molecular formula is C12H15NO3S2. The molecule has 1 aromatic rings. The number of hydrogen-bond acceptors (Lipinski definition) is 4. The third-order valence-electron chi connectivity index (χ3n) is 3.59. The molecule has 18 heavy (non-hydrogen) atoms. The van der Waals surface area contributed by atoms with Crippen molar-refractivity contribution < 1.29 is 13.3 Å². The van der Waals surface area contributed by atoms with E-state index in [0.717, 1.165) is 5.56 Å². The predicted octanol–water partition coefficient (Wildman–Crippen LogP) is 0.812. The van der Waals surface area contributed by atoms with Crippen LogP contribution in [0.4, 0.5) is 0 Å². The van der Waals surface area contributed by atoms with Crippen molar-refractivity contribution in [2.24, 2.45) is 0 Å². The zero-order valence-corrected chi connectivity index (χ0v) is 11.7. The van der Waals surface area contributed by atoms with Gasteiger partial charge in [-0.15, -0.1) is 0 Å². The Morgan fingerprint density at radius 3 is 2.44 bits per heavy atom. The SMILES string of the molecule is CN1OCC2([C@H]1c1ccccc1)[S@](=O)CC[S@]2=O. The van der Waals surface area contributed by atoms with E-state index in [1.807, 2.05) is 37.4 Å². The van der Waals surface area contributed by atoms with E-state index in [1.54, 1.807) is 5.06 Å². The molecule has 2 aliphatic rings. The minimum absolute atomic E-state index is 0.192. The van der Waals surface area contributed by atoms with Gasteiger partial charge in [0.15, 0.2) is 4.08 Å². The first-order valence-corrected chi connectivity index (χ1v) is 8.48. The van der Waals surface area contributed by atoms with Crippen LogP contribution in [0.25, 0.3) is 0 Å². The Balaban J connectivity index is 2.10. The Hall–Kier alpha value is -0.560. The third kappa shape index (κ3) is 1.63. The first kappa shape index (κ1) is 12.5. The average Bonchev–Trinajstić information content (AvgIpc) is 2.87. The summed E-state index contributed by atoms with van der Waals surface area (Å²) < 4.78 is 23.9. The van der Waals surface area contributed by atoms with Gasteiger partial charge < -0.3 is 0 Å². The summed E-state index contributed by atoms with van der Waals surface area (Å²) in [4.78, 5) is 5.55. The molecule has 3 rings (SSSR count). The van der Waals surface area contributed by atoms with Crippen LogP contribution in [0.5, 0.6) is 0 Å². The van der Waals surface area contributed by atoms with Gasteiger partial charge in [-0.2, -0.15) is 5.06 Å². The Morgan fingerprint density at radius 2 is 1.83 bits per heavy atom. The minimum Gasteiger partial charge on any atom is -0.296 e. The molecule has 1 aromatic carbocycles. The van der Waals surface area contributed by atoms with Gasteiger partial charge in [-0.1, -0.05) is 30.3 Å². The van der Waals surface area contributed by atoms with Crippen LogP contribution in [0, 0.1) is 0 Å². The highest BCUT2D eigenvalue weighted by molar-refractivity contribution is 8.07. The van der Waals surface area contributed by atoms with E-state index in [2.05, 4.69) is 0 Å². The number of hydrogen-bond donors (Lipinski definition) is 0. The molecule has 0 amide bonds. The molecule has 98 valence electrons. The molecule has 3 atom stereocenters. The van der Waals surface area contributed by atoms with Gasteiger partial charge in [0.05, 0.1) is 12.6 Å². The van der Waals surface area contributed by atoms with E-state index in [-0.39, 0.29) is 12.6 Å². The molecule has 1 spiro atoms. The second kappa shape index (κ2) is 4.52. The van der Waals surface area contributed by atoms with Gasteiger partial charge in [-0.3, -0.25) is 13.3 Å². The molecule has 2 aliphatic heterocycles. The maximum atomic E-state index is 12.3. The van der Waals surface area contributed by atoms with Crippen LogP contribution in [0.1, 0.15) is 11.6 Å². The van der Waals surface area contributed by atoms with Crippen LogP contribution < -0.4 is 0 Å². The lowest BCUT2D eigenvalue weighted by atomic mass is 10.0. The molecule has 0 bridgehead atoms. The average molecular weight is 285 g/mol. The monoisotopic (exact) mass is 285 g/mol. The lowest BCUT2D eigenvalue weighted by Crippen LogP contribution is -2.42. The smallest absolute Gasteiger partial charge is 0.167 e. The summed E-state index contributed by atoms with van der Waals surface area (Å²) in [6.45, 7) is 0.280. The summed E-state index contributed by atoms with van der Waals surface area (Å²) in [5, 5.41) is 1.70. The van der Waals surface area contributed by atoms with Crippen molar-refractivity contribution in [3.8, 4) is 0 Å². The van der Waals surface area contributed by atoms with E-state index >= 15 is 0 Å². The van der Waals surface area contributed by atoms with Crippen molar-refractivity contribution in [3.05, 3.63) is 35.9 Å². The quantitative estimate of drug-likeness (QED) is 0.766. The highest BCUT2D eigenvalue weighted by Crippen LogP contribution is 2.46. The summed E-state index contributed by atoms with van der Waals surface area (Å²) in [7, 11) is -0.391. The molecule has 0 unspecified atom stereocenters. The van der Waals surface area contributed by atoms with Gasteiger partial charge in [0.2, 0.25) is 0 Å². The largest absolute Gasteiger partial charge is 0.296 e. The molecule has 2 fully saturated rings. The predicted molar refractivity (Wildman–Crippen MR) is 71.6 cm³/mol. The highest BCUT2D eigenvalue weighted by Gasteiger charge is 2.60. The topological polar surface area (TPSA) is 46.6 Å². The van der Waals surface area contributed by atoms with E-state index in [0.29, 0.717) is 11.5 Å². The minimum atomic E-state index is -1.10. The second-order valence-corrected chi connectivity index (χ2v) is 8.46. The van der Waals surface area contributed by atoms with Crippen LogP contribution >= 0.6 is 0 Å². The molecule has 0 radical (unpaired) electrons. The van der Waals surface area contributed by atoms with Crippen molar-refractivity contribution in [1.82, 2.24) is 5.06 Å². The molecule has 0 saturated carbocycles. The number of rotatable bonds is 1. The van der Waals surface area contributed by atoms with Gasteiger partial charge in [-0.25, -0.2) is 0 Å². The van der Waals surface area contributed by atoms with Crippen molar-refractivity contribution >= 4 is 21.6 Å². The van der Waals surface area contributed by atoms with Crippen LogP contribution in [0.3, 0.4) is 0 Å². The van der Waals surface area contributed by atoms with Crippen molar-refractivity contribution in [2.75, 3.05) is 25.2 Å². The van der Waals surface area contributed by atoms with E-state index in [1.165, 1.54) is 0 Å². The lowest BCUT2D eigenvalue weighted by Gasteiger charge is -2.28. The first-order chi connectivity index (χ1) is 8.66. The van der Waals surface area contributed by atoms with Crippen LogP contribution in [-0.2, 0) is 26.4 Å². The summed E-state index contributed by atoms with van der Waals surface area (Å²) >= 11 is 0. The molecular weight excluding hydrogens is 270 g/mol. The summed E-state index contributed by atoms with van der Waals surface area (Å²) in [5.41, 5.74) is 1.01. The second-order valence-electron chi connectivity index (χ2n) is 4.54. The molecule has 0 aromatic heterocycles. The van der Waals surface area contributed by atoms with Crippen LogP contribution in [-0.4, -0.2) is 42.7 Å². The Morgan fingerprint density at radius 1 is 1.22 bits per heavy atom. The van der Waals surface area contributed by atoms with Gasteiger partial charge in [0.25, 0.3) is 0 Å². The van der Waals surface area contributed by atoms with Gasteiger partial charge in [0, 0.05) is 40.2 Å².